The Morgan fingerprint density at radius 1 is 1.20 bits per heavy atom. The second-order valence-electron chi connectivity index (χ2n) is 8.18. The van der Waals surface area contributed by atoms with E-state index in [0.717, 1.165) is 30.3 Å². The normalized spacial score (nSPS) is 23.0. The summed E-state index contributed by atoms with van der Waals surface area (Å²) in [6, 6.07) is 8.46. The number of H-pyrrole nitrogens is 1. The zero-order valence-corrected chi connectivity index (χ0v) is 18.0. The van der Waals surface area contributed by atoms with E-state index in [2.05, 4.69) is 22.2 Å². The number of nitrogens with zero attached hydrogens (tertiary/aromatic N) is 1. The molecule has 1 aromatic carbocycles. The standard InChI is InChI=1S/C22H27N3O4.ClH/c1-12-19(24-21(27)18(20(12)26)22(28)29)13-6-8-15(9-7-13)25-10-14-4-3-5-17(23-2)16(14)11-25;/h6-9,14,16-17,23H,3-5,10-11H2,1-2H3,(H,28,29)(H2,24,26,27);1H/t14-,16+,17-;/m1./s1. The summed E-state index contributed by atoms with van der Waals surface area (Å²) in [5.41, 5.74) is 1.24. The molecule has 30 heavy (non-hydrogen) atoms. The van der Waals surface area contributed by atoms with E-state index in [9.17, 15) is 14.7 Å². The molecule has 1 saturated carbocycles. The number of carbonyl (C=O) groups is 1. The lowest BCUT2D eigenvalue weighted by Gasteiger charge is -2.32. The van der Waals surface area contributed by atoms with E-state index in [1.165, 1.54) is 19.3 Å². The van der Waals surface area contributed by atoms with Gasteiger partial charge in [-0.1, -0.05) is 18.6 Å². The summed E-state index contributed by atoms with van der Waals surface area (Å²) in [7, 11) is 2.05. The van der Waals surface area contributed by atoms with Gasteiger partial charge in [-0.2, -0.15) is 0 Å². The maximum Gasteiger partial charge on any atom is 0.345 e. The third-order valence-electron chi connectivity index (χ3n) is 6.64. The number of rotatable bonds is 4. The number of aromatic amines is 1. The quantitative estimate of drug-likeness (QED) is 0.590. The van der Waals surface area contributed by atoms with Crippen LogP contribution in [0.3, 0.4) is 0 Å². The van der Waals surface area contributed by atoms with E-state index in [0.29, 0.717) is 23.2 Å². The number of hydrogen-bond donors (Lipinski definition) is 4. The van der Waals surface area contributed by atoms with Crippen molar-refractivity contribution < 1.29 is 15.0 Å². The van der Waals surface area contributed by atoms with Crippen LogP contribution in [0, 0.1) is 18.8 Å². The molecule has 0 amide bonds. The fourth-order valence-corrected chi connectivity index (χ4v) is 5.05. The lowest BCUT2D eigenvalue weighted by atomic mass is 9.78. The van der Waals surface area contributed by atoms with E-state index in [-0.39, 0.29) is 12.4 Å². The predicted molar refractivity (Wildman–Crippen MR) is 119 cm³/mol. The number of nitrogens with one attached hydrogen (secondary N) is 2. The van der Waals surface area contributed by atoms with Crippen LogP contribution in [-0.4, -0.2) is 47.3 Å². The number of benzene rings is 1. The third-order valence-corrected chi connectivity index (χ3v) is 6.64. The third kappa shape index (κ3) is 3.79. The minimum atomic E-state index is -1.44. The molecule has 1 aromatic heterocycles. The molecule has 4 N–H and O–H groups in total. The second-order valence-corrected chi connectivity index (χ2v) is 8.18. The van der Waals surface area contributed by atoms with Crippen LogP contribution in [0.1, 0.15) is 35.2 Å². The van der Waals surface area contributed by atoms with Crippen LogP contribution in [0.15, 0.2) is 29.1 Å². The lowest BCUT2D eigenvalue weighted by Crippen LogP contribution is -2.40. The van der Waals surface area contributed by atoms with Gasteiger partial charge in [-0.15, -0.1) is 12.4 Å². The van der Waals surface area contributed by atoms with E-state index < -0.39 is 22.8 Å². The molecule has 1 aliphatic heterocycles. The highest BCUT2D eigenvalue weighted by Gasteiger charge is 2.39. The molecule has 4 rings (SSSR count). The van der Waals surface area contributed by atoms with E-state index >= 15 is 0 Å². The molecule has 2 heterocycles. The van der Waals surface area contributed by atoms with Gasteiger partial charge in [0.05, 0.1) is 5.69 Å². The SMILES string of the molecule is CN[C@@H]1CCC[C@@H]2CN(c3ccc(-c4[nH]c(=O)c(C(=O)O)c(O)c4C)cc3)C[C@@H]21.Cl. The molecule has 2 fully saturated rings. The van der Waals surface area contributed by atoms with Crippen LogP contribution < -0.4 is 15.8 Å². The topological polar surface area (TPSA) is 106 Å². The van der Waals surface area contributed by atoms with Crippen molar-refractivity contribution in [3.8, 4) is 17.0 Å². The van der Waals surface area contributed by atoms with Gasteiger partial charge in [-0.05, 0) is 56.3 Å². The zero-order valence-electron chi connectivity index (χ0n) is 17.1. The monoisotopic (exact) mass is 433 g/mol. The average Bonchev–Trinajstić information content (AvgIpc) is 3.15. The van der Waals surface area contributed by atoms with Crippen molar-refractivity contribution in [2.75, 3.05) is 25.0 Å². The molecule has 0 spiro atoms. The largest absolute Gasteiger partial charge is 0.506 e. The van der Waals surface area contributed by atoms with Crippen LogP contribution in [-0.2, 0) is 0 Å². The van der Waals surface area contributed by atoms with Crippen molar-refractivity contribution in [1.29, 1.82) is 0 Å². The molecule has 1 aliphatic carbocycles. The second kappa shape index (κ2) is 8.70. The highest BCUT2D eigenvalue weighted by Crippen LogP contribution is 2.39. The van der Waals surface area contributed by atoms with Gasteiger partial charge in [-0.25, -0.2) is 4.79 Å². The Morgan fingerprint density at radius 2 is 1.90 bits per heavy atom. The van der Waals surface area contributed by atoms with Gasteiger partial charge in [0.1, 0.15) is 5.75 Å². The van der Waals surface area contributed by atoms with Crippen molar-refractivity contribution in [2.24, 2.45) is 11.8 Å². The summed E-state index contributed by atoms with van der Waals surface area (Å²) in [5, 5.41) is 22.8. The fourth-order valence-electron chi connectivity index (χ4n) is 5.05. The number of aromatic carboxylic acids is 1. The first kappa shape index (κ1) is 22.2. The van der Waals surface area contributed by atoms with Crippen molar-refractivity contribution in [2.45, 2.75) is 32.2 Å². The summed E-state index contributed by atoms with van der Waals surface area (Å²) in [4.78, 5) is 28.3. The minimum Gasteiger partial charge on any atom is -0.506 e. The molecule has 1 saturated heterocycles. The Labute approximate surface area is 181 Å². The Bertz CT molecular complexity index is 989. The van der Waals surface area contributed by atoms with Crippen LogP contribution in [0.4, 0.5) is 5.69 Å². The first-order valence-electron chi connectivity index (χ1n) is 10.1. The molecular weight excluding hydrogens is 406 g/mol. The molecule has 162 valence electrons. The first-order chi connectivity index (χ1) is 13.9. The molecule has 2 aliphatic rings. The molecule has 0 unspecified atom stereocenters. The molecule has 0 radical (unpaired) electrons. The van der Waals surface area contributed by atoms with Gasteiger partial charge in [0.25, 0.3) is 5.56 Å². The maximum absolute atomic E-state index is 12.1. The number of aromatic nitrogens is 1. The van der Waals surface area contributed by atoms with E-state index in [1.54, 1.807) is 6.92 Å². The van der Waals surface area contributed by atoms with E-state index in [1.807, 2.05) is 24.3 Å². The van der Waals surface area contributed by atoms with Crippen molar-refractivity contribution in [1.82, 2.24) is 10.3 Å². The Balaban J connectivity index is 0.00000256. The molecule has 7 nitrogen and oxygen atoms in total. The number of anilines is 1. The number of aromatic hydroxyl groups is 1. The number of hydrogen-bond acceptors (Lipinski definition) is 5. The maximum atomic E-state index is 12.1. The van der Waals surface area contributed by atoms with Gasteiger partial charge < -0.3 is 25.4 Å². The Morgan fingerprint density at radius 3 is 2.53 bits per heavy atom. The van der Waals surface area contributed by atoms with Gasteiger partial charge in [0, 0.05) is 30.4 Å². The van der Waals surface area contributed by atoms with Crippen LogP contribution in [0.25, 0.3) is 11.3 Å². The van der Waals surface area contributed by atoms with Gasteiger partial charge in [0.15, 0.2) is 5.56 Å². The molecular formula is C22H28ClN3O4. The summed E-state index contributed by atoms with van der Waals surface area (Å²) < 4.78 is 0. The highest BCUT2D eigenvalue weighted by atomic mass is 35.5. The Hall–Kier alpha value is -2.51. The first-order valence-corrected chi connectivity index (χ1v) is 10.1. The Kier molecular flexibility index (Phi) is 6.43. The number of carboxylic acids is 1. The van der Waals surface area contributed by atoms with Crippen LogP contribution in [0.2, 0.25) is 0 Å². The number of fused-ring (bicyclic) bond motifs is 1. The minimum absolute atomic E-state index is 0. The predicted octanol–water partition coefficient (Wildman–Crippen LogP) is 3.00. The molecule has 8 heteroatoms. The van der Waals surface area contributed by atoms with Crippen molar-refractivity contribution >= 4 is 24.1 Å². The van der Waals surface area contributed by atoms with Crippen molar-refractivity contribution in [3.63, 3.8) is 0 Å². The van der Waals surface area contributed by atoms with E-state index in [4.69, 9.17) is 5.11 Å². The van der Waals surface area contributed by atoms with Crippen LogP contribution in [0.5, 0.6) is 5.75 Å². The number of pyridine rings is 1. The molecule has 2 aromatic rings. The summed E-state index contributed by atoms with van der Waals surface area (Å²) in [6.45, 7) is 3.70. The number of halogens is 1. The smallest absolute Gasteiger partial charge is 0.345 e. The average molecular weight is 434 g/mol. The van der Waals surface area contributed by atoms with Gasteiger partial charge in [-0.3, -0.25) is 4.79 Å². The van der Waals surface area contributed by atoms with Gasteiger partial charge in [0.2, 0.25) is 0 Å². The summed E-state index contributed by atoms with van der Waals surface area (Å²) in [6.07, 6.45) is 3.81. The lowest BCUT2D eigenvalue weighted by molar-refractivity contribution is 0.0691. The van der Waals surface area contributed by atoms with Gasteiger partial charge >= 0.3 is 5.97 Å². The molecule has 0 bridgehead atoms. The van der Waals surface area contributed by atoms with Crippen molar-refractivity contribution in [3.05, 3.63) is 45.7 Å². The fraction of sp³-hybridized carbons (Fsp3) is 0.455. The summed E-state index contributed by atoms with van der Waals surface area (Å²) >= 11 is 0. The van der Waals surface area contributed by atoms with Crippen LogP contribution >= 0.6 is 12.4 Å². The molecule has 3 atom stereocenters. The highest BCUT2D eigenvalue weighted by molar-refractivity contribution is 5.91. The zero-order chi connectivity index (χ0) is 20.7. The summed E-state index contributed by atoms with van der Waals surface area (Å²) in [5.74, 6) is -0.529. The number of carboxylic acid groups (broad SMARTS) is 1.